The molecule has 3 rings (SSSR count). The van der Waals surface area contributed by atoms with Gasteiger partial charge in [0.25, 0.3) is 15.9 Å². The summed E-state index contributed by atoms with van der Waals surface area (Å²) in [6, 6.07) is 3.05. The monoisotopic (exact) mass is 429 g/mol. The van der Waals surface area contributed by atoms with Crippen LogP contribution in [0.3, 0.4) is 0 Å². The van der Waals surface area contributed by atoms with Crippen molar-refractivity contribution in [2.45, 2.75) is 25.0 Å². The number of hydrogen-bond acceptors (Lipinski definition) is 5. The van der Waals surface area contributed by atoms with Gasteiger partial charge in [0.2, 0.25) is 0 Å². The molecule has 1 amide bonds. The number of thiophene rings is 1. The van der Waals surface area contributed by atoms with Gasteiger partial charge in [0.1, 0.15) is 9.90 Å². The lowest BCUT2D eigenvalue weighted by molar-refractivity contribution is 0.0692. The van der Waals surface area contributed by atoms with Crippen molar-refractivity contribution in [2.75, 3.05) is 26.2 Å². The maximum absolute atomic E-state index is 12.8. The third-order valence-corrected chi connectivity index (χ3v) is 8.27. The average Bonchev–Trinajstić information content (AvgIpc) is 3.18. The van der Waals surface area contributed by atoms with Crippen LogP contribution in [0, 0.1) is 13.8 Å². The number of hydrogen-bond donors (Lipinski definition) is 1. The number of piperazine rings is 1. The van der Waals surface area contributed by atoms with Gasteiger partial charge in [-0.1, -0.05) is 11.6 Å². The molecule has 1 aliphatic heterocycles. The normalized spacial score (nSPS) is 15.9. The number of nitrogens with zero attached hydrogens (tertiary/aromatic N) is 2. The fourth-order valence-electron chi connectivity index (χ4n) is 3.35. The van der Waals surface area contributed by atoms with Gasteiger partial charge in [0.15, 0.2) is 5.78 Å². The molecular formula is C17H20ClN3O4S2. The molecule has 146 valence electrons. The number of nitrogens with one attached hydrogen (secondary N) is 1. The number of H-pyrrole nitrogens is 1. The van der Waals surface area contributed by atoms with Crippen LogP contribution >= 0.6 is 22.9 Å². The zero-order chi connectivity index (χ0) is 19.9. The minimum Gasteiger partial charge on any atom is -0.354 e. The van der Waals surface area contributed by atoms with Crippen LogP contribution in [-0.2, 0) is 10.0 Å². The average molecular weight is 430 g/mol. The molecule has 0 aromatic carbocycles. The third-order valence-electron chi connectivity index (χ3n) is 4.67. The van der Waals surface area contributed by atoms with E-state index in [9.17, 15) is 18.0 Å². The van der Waals surface area contributed by atoms with Crippen LogP contribution in [0.4, 0.5) is 0 Å². The molecule has 10 heteroatoms. The van der Waals surface area contributed by atoms with Crippen LogP contribution in [0.15, 0.2) is 16.3 Å². The summed E-state index contributed by atoms with van der Waals surface area (Å²) in [6.45, 7) is 5.96. The van der Waals surface area contributed by atoms with Crippen LogP contribution in [0.1, 0.15) is 39.0 Å². The molecule has 2 aromatic heterocycles. The minimum absolute atomic E-state index is 0.0918. The van der Waals surface area contributed by atoms with Gasteiger partial charge in [-0.05, 0) is 38.5 Å². The Morgan fingerprint density at radius 3 is 2.26 bits per heavy atom. The highest BCUT2D eigenvalue weighted by Crippen LogP contribution is 2.29. The standard InChI is InChI=1S/C17H20ClN3O4S2/c1-10-15(12(3)22)11(2)19-16(10)17(23)20-6-8-21(9-7-20)27(24,25)14-5-4-13(18)26-14/h4-5,19H,6-9H2,1-3H3. The maximum atomic E-state index is 12.8. The van der Waals surface area contributed by atoms with Gasteiger partial charge in [0.05, 0.1) is 4.34 Å². The number of aromatic nitrogens is 1. The molecule has 0 aliphatic carbocycles. The molecule has 0 atom stereocenters. The number of halogens is 1. The highest BCUT2D eigenvalue weighted by molar-refractivity contribution is 7.91. The molecule has 2 aromatic rings. The summed E-state index contributed by atoms with van der Waals surface area (Å²) in [6.07, 6.45) is 0. The zero-order valence-corrected chi connectivity index (χ0v) is 17.6. The summed E-state index contributed by atoms with van der Waals surface area (Å²) in [7, 11) is -3.60. The molecule has 7 nitrogen and oxygen atoms in total. The van der Waals surface area contributed by atoms with Gasteiger partial charge >= 0.3 is 0 Å². The Morgan fingerprint density at radius 1 is 1.15 bits per heavy atom. The predicted octanol–water partition coefficient (Wildman–Crippen LogP) is 2.70. The summed E-state index contributed by atoms with van der Waals surface area (Å²) in [4.78, 5) is 29.2. The topological polar surface area (TPSA) is 90.6 Å². The summed E-state index contributed by atoms with van der Waals surface area (Å²) in [5.74, 6) is -0.315. The van der Waals surface area contributed by atoms with Crippen molar-refractivity contribution in [1.82, 2.24) is 14.2 Å². The second kappa shape index (κ2) is 7.38. The molecule has 0 spiro atoms. The van der Waals surface area contributed by atoms with E-state index >= 15 is 0 Å². The molecule has 0 radical (unpaired) electrons. The first kappa shape index (κ1) is 20.1. The summed E-state index contributed by atoms with van der Waals surface area (Å²) in [5.41, 5.74) is 2.22. The van der Waals surface area contributed by atoms with Crippen LogP contribution < -0.4 is 0 Å². The summed E-state index contributed by atoms with van der Waals surface area (Å²) in [5, 5.41) is 0. The van der Waals surface area contributed by atoms with Gasteiger partial charge in [-0.2, -0.15) is 4.31 Å². The van der Waals surface area contributed by atoms with Crippen molar-refractivity contribution in [2.24, 2.45) is 0 Å². The van der Waals surface area contributed by atoms with Crippen molar-refractivity contribution in [3.63, 3.8) is 0 Å². The van der Waals surface area contributed by atoms with Crippen molar-refractivity contribution < 1.29 is 18.0 Å². The fraction of sp³-hybridized carbons (Fsp3) is 0.412. The molecular weight excluding hydrogens is 410 g/mol. The van der Waals surface area contributed by atoms with E-state index in [1.807, 2.05) is 0 Å². The van der Waals surface area contributed by atoms with Gasteiger partial charge in [-0.3, -0.25) is 9.59 Å². The van der Waals surface area contributed by atoms with Crippen LogP contribution in [0.5, 0.6) is 0 Å². The SMILES string of the molecule is CC(=O)c1c(C)[nH]c(C(=O)N2CCN(S(=O)(=O)c3ccc(Cl)s3)CC2)c1C. The van der Waals surface area contributed by atoms with E-state index < -0.39 is 10.0 Å². The predicted molar refractivity (Wildman–Crippen MR) is 104 cm³/mol. The second-order valence-electron chi connectivity index (χ2n) is 6.44. The summed E-state index contributed by atoms with van der Waals surface area (Å²) >= 11 is 6.86. The Bertz CT molecular complexity index is 1000. The van der Waals surface area contributed by atoms with Crippen molar-refractivity contribution in [1.29, 1.82) is 0 Å². The number of amides is 1. The Hall–Kier alpha value is -1.68. The number of Topliss-reactive ketones (excluding diaryl/α,β-unsaturated/α-hetero) is 1. The Labute approximate surface area is 167 Å². The largest absolute Gasteiger partial charge is 0.354 e. The highest BCUT2D eigenvalue weighted by atomic mass is 35.5. The molecule has 1 saturated heterocycles. The molecule has 0 unspecified atom stereocenters. The van der Waals surface area contributed by atoms with Gasteiger partial charge in [0, 0.05) is 37.4 Å². The van der Waals surface area contributed by atoms with Crippen LogP contribution in [0.25, 0.3) is 0 Å². The van der Waals surface area contributed by atoms with Crippen molar-refractivity contribution in [3.8, 4) is 0 Å². The van der Waals surface area contributed by atoms with E-state index in [2.05, 4.69) is 4.98 Å². The van der Waals surface area contributed by atoms with Gasteiger partial charge < -0.3 is 9.88 Å². The number of ketones is 1. The molecule has 1 aliphatic rings. The molecule has 0 saturated carbocycles. The van der Waals surface area contributed by atoms with Crippen LogP contribution in [0.2, 0.25) is 4.34 Å². The Kier molecular flexibility index (Phi) is 5.49. The van der Waals surface area contributed by atoms with Gasteiger partial charge in [-0.15, -0.1) is 11.3 Å². The van der Waals surface area contributed by atoms with E-state index in [1.165, 1.54) is 17.3 Å². The number of sulfonamides is 1. The minimum atomic E-state index is -3.60. The van der Waals surface area contributed by atoms with Crippen LogP contribution in [-0.4, -0.2) is 60.5 Å². The number of carbonyl (C=O) groups excluding carboxylic acids is 2. The first-order chi connectivity index (χ1) is 12.6. The molecule has 27 heavy (non-hydrogen) atoms. The maximum Gasteiger partial charge on any atom is 0.270 e. The third kappa shape index (κ3) is 3.69. The van der Waals surface area contributed by atoms with E-state index in [1.54, 1.807) is 24.8 Å². The lowest BCUT2D eigenvalue weighted by atomic mass is 10.1. The Balaban J connectivity index is 1.74. The number of aromatic amines is 1. The fourth-order valence-corrected chi connectivity index (χ4v) is 6.40. The Morgan fingerprint density at radius 2 is 1.78 bits per heavy atom. The highest BCUT2D eigenvalue weighted by Gasteiger charge is 2.32. The van der Waals surface area contributed by atoms with E-state index in [-0.39, 0.29) is 42.1 Å². The molecule has 3 heterocycles. The quantitative estimate of drug-likeness (QED) is 0.756. The first-order valence-electron chi connectivity index (χ1n) is 8.37. The lowest BCUT2D eigenvalue weighted by Crippen LogP contribution is -2.50. The van der Waals surface area contributed by atoms with Gasteiger partial charge in [-0.25, -0.2) is 8.42 Å². The zero-order valence-electron chi connectivity index (χ0n) is 15.2. The van der Waals surface area contributed by atoms with E-state index in [0.717, 1.165) is 11.3 Å². The number of aryl methyl sites for hydroxylation is 1. The smallest absolute Gasteiger partial charge is 0.270 e. The first-order valence-corrected chi connectivity index (χ1v) is 11.0. The lowest BCUT2D eigenvalue weighted by Gasteiger charge is -2.33. The molecule has 1 fully saturated rings. The summed E-state index contributed by atoms with van der Waals surface area (Å²) < 4.78 is 27.3. The number of rotatable bonds is 4. The molecule has 0 bridgehead atoms. The van der Waals surface area contributed by atoms with E-state index in [4.69, 9.17) is 11.6 Å². The van der Waals surface area contributed by atoms with Crippen molar-refractivity contribution in [3.05, 3.63) is 39.0 Å². The number of carbonyl (C=O) groups is 2. The van der Waals surface area contributed by atoms with E-state index in [0.29, 0.717) is 26.9 Å². The van der Waals surface area contributed by atoms with Crippen molar-refractivity contribution >= 4 is 44.7 Å². The molecule has 1 N–H and O–H groups in total. The second-order valence-corrected chi connectivity index (χ2v) is 10.3.